The topological polar surface area (TPSA) is 41.5 Å². The van der Waals surface area contributed by atoms with Crippen LogP contribution in [0.25, 0.3) is 0 Å². The minimum atomic E-state index is -4.37. The van der Waals surface area contributed by atoms with Crippen LogP contribution in [0, 0.1) is 6.92 Å². The molecule has 0 spiro atoms. The van der Waals surface area contributed by atoms with Gasteiger partial charge in [0, 0.05) is 5.56 Å². The number of hydrogen-bond donors (Lipinski definition) is 2. The molecule has 1 rings (SSSR count). The van der Waals surface area contributed by atoms with Crippen LogP contribution in [0.4, 0.5) is 13.2 Å². The number of benzene rings is 1. The van der Waals surface area contributed by atoms with Gasteiger partial charge in [0.05, 0.1) is 6.04 Å². The lowest BCUT2D eigenvalue weighted by Gasteiger charge is -2.16. The summed E-state index contributed by atoms with van der Waals surface area (Å²) in [6.45, 7) is 2.03. The first-order chi connectivity index (χ1) is 7.79. The fourth-order valence-electron chi connectivity index (χ4n) is 1.33. The van der Waals surface area contributed by atoms with Gasteiger partial charge in [0.1, 0.15) is 5.75 Å². The van der Waals surface area contributed by atoms with Crippen LogP contribution in [0.15, 0.2) is 18.2 Å². The first-order valence-electron chi connectivity index (χ1n) is 5.03. The quantitative estimate of drug-likeness (QED) is 0.806. The maximum atomic E-state index is 11.8. The van der Waals surface area contributed by atoms with Gasteiger partial charge in [-0.1, -0.05) is 12.1 Å². The van der Waals surface area contributed by atoms with Crippen molar-refractivity contribution in [1.29, 1.82) is 0 Å². The Bertz CT molecular complexity index is 379. The van der Waals surface area contributed by atoms with Gasteiger partial charge in [-0.2, -0.15) is 18.7 Å². The maximum Gasteiger partial charge on any atom is 0.413 e. The van der Waals surface area contributed by atoms with E-state index in [1.165, 1.54) is 6.07 Å². The van der Waals surface area contributed by atoms with Crippen molar-refractivity contribution in [3.05, 3.63) is 29.3 Å². The molecule has 1 aromatic carbocycles. The van der Waals surface area contributed by atoms with E-state index in [9.17, 15) is 18.3 Å². The number of rotatable bonds is 4. The number of halogens is 3. The Morgan fingerprint density at radius 3 is 2.59 bits per heavy atom. The van der Waals surface area contributed by atoms with Crippen LogP contribution >= 0.6 is 0 Å². The number of phenolic OH excluding ortho intramolecular Hbond substituents is 1. The number of aromatic hydroxyl groups is 1. The first kappa shape index (κ1) is 13.8. The van der Waals surface area contributed by atoms with Crippen LogP contribution < -0.4 is 5.48 Å². The average molecular weight is 249 g/mol. The minimum Gasteiger partial charge on any atom is -0.508 e. The van der Waals surface area contributed by atoms with Gasteiger partial charge in [-0.05, 0) is 25.5 Å². The fraction of sp³-hybridized carbons (Fsp3) is 0.455. The molecule has 96 valence electrons. The lowest BCUT2D eigenvalue weighted by Crippen LogP contribution is -2.26. The van der Waals surface area contributed by atoms with Gasteiger partial charge < -0.3 is 5.11 Å². The van der Waals surface area contributed by atoms with Crippen LogP contribution in [0.5, 0.6) is 5.75 Å². The third-order valence-corrected chi connectivity index (χ3v) is 2.15. The number of alkyl halides is 3. The van der Waals surface area contributed by atoms with E-state index in [0.717, 1.165) is 5.56 Å². The van der Waals surface area contributed by atoms with Crippen molar-refractivity contribution >= 4 is 0 Å². The summed E-state index contributed by atoms with van der Waals surface area (Å²) < 4.78 is 35.5. The molecule has 0 aliphatic heterocycles. The van der Waals surface area contributed by atoms with Crippen molar-refractivity contribution < 1.29 is 23.1 Å². The maximum absolute atomic E-state index is 11.8. The van der Waals surface area contributed by atoms with E-state index < -0.39 is 18.8 Å². The summed E-state index contributed by atoms with van der Waals surface area (Å²) in [5, 5.41) is 9.60. The highest BCUT2D eigenvalue weighted by Crippen LogP contribution is 2.25. The van der Waals surface area contributed by atoms with E-state index in [1.54, 1.807) is 19.1 Å². The summed E-state index contributed by atoms with van der Waals surface area (Å²) in [4.78, 5) is 4.31. The molecule has 2 N–H and O–H groups in total. The third kappa shape index (κ3) is 4.62. The van der Waals surface area contributed by atoms with Crippen LogP contribution in [0.3, 0.4) is 0 Å². The Morgan fingerprint density at radius 2 is 2.06 bits per heavy atom. The molecule has 0 radical (unpaired) electrons. The highest BCUT2D eigenvalue weighted by Gasteiger charge is 2.28. The Balaban J connectivity index is 2.55. The number of nitrogens with one attached hydrogen (secondary N) is 1. The number of aryl methyl sites for hydroxylation is 1. The molecule has 0 aromatic heterocycles. The third-order valence-electron chi connectivity index (χ3n) is 2.15. The van der Waals surface area contributed by atoms with Gasteiger partial charge in [-0.3, -0.25) is 4.84 Å². The zero-order valence-electron chi connectivity index (χ0n) is 9.51. The summed E-state index contributed by atoms with van der Waals surface area (Å²) >= 11 is 0. The predicted octanol–water partition coefficient (Wildman–Crippen LogP) is 2.85. The Hall–Kier alpha value is -1.27. The highest BCUT2D eigenvalue weighted by molar-refractivity contribution is 5.37. The zero-order chi connectivity index (χ0) is 13.1. The molecule has 17 heavy (non-hydrogen) atoms. The van der Waals surface area contributed by atoms with E-state index in [-0.39, 0.29) is 5.75 Å². The average Bonchev–Trinajstić information content (AvgIpc) is 2.15. The molecule has 0 saturated carbocycles. The second kappa shape index (κ2) is 5.37. The van der Waals surface area contributed by atoms with E-state index >= 15 is 0 Å². The van der Waals surface area contributed by atoms with Gasteiger partial charge >= 0.3 is 6.18 Å². The van der Waals surface area contributed by atoms with Crippen molar-refractivity contribution in [2.24, 2.45) is 0 Å². The molecule has 0 fully saturated rings. The number of hydrogen-bond acceptors (Lipinski definition) is 3. The van der Waals surface area contributed by atoms with Gasteiger partial charge in [-0.15, -0.1) is 0 Å². The molecule has 3 nitrogen and oxygen atoms in total. The molecular weight excluding hydrogens is 235 g/mol. The monoisotopic (exact) mass is 249 g/mol. The molecule has 0 amide bonds. The summed E-state index contributed by atoms with van der Waals surface area (Å²) in [5.74, 6) is 0.0283. The molecule has 0 heterocycles. The van der Waals surface area contributed by atoms with Gasteiger partial charge in [0.25, 0.3) is 0 Å². The fourth-order valence-corrected chi connectivity index (χ4v) is 1.33. The predicted molar refractivity (Wildman–Crippen MR) is 56.4 cm³/mol. The second-order valence-electron chi connectivity index (χ2n) is 3.81. The molecule has 0 saturated heterocycles. The SMILES string of the molecule is Cc1ccc(C(C)NOCC(F)(F)F)c(O)c1. The smallest absolute Gasteiger partial charge is 0.413 e. The largest absolute Gasteiger partial charge is 0.508 e. The van der Waals surface area contributed by atoms with Gasteiger partial charge in [0.15, 0.2) is 6.61 Å². The van der Waals surface area contributed by atoms with E-state index in [1.807, 2.05) is 6.92 Å². The van der Waals surface area contributed by atoms with Crippen molar-refractivity contribution in [2.75, 3.05) is 6.61 Å². The molecule has 0 aliphatic rings. The Kier molecular flexibility index (Phi) is 4.36. The molecule has 1 unspecified atom stereocenters. The Labute approximate surface area is 97.2 Å². The molecule has 6 heteroatoms. The van der Waals surface area contributed by atoms with Crippen molar-refractivity contribution in [3.63, 3.8) is 0 Å². The minimum absolute atomic E-state index is 0.0283. The van der Waals surface area contributed by atoms with Crippen molar-refractivity contribution in [3.8, 4) is 5.75 Å². The summed E-state index contributed by atoms with van der Waals surface area (Å²) in [6, 6.07) is 4.41. The van der Waals surface area contributed by atoms with E-state index in [2.05, 4.69) is 10.3 Å². The zero-order valence-corrected chi connectivity index (χ0v) is 9.51. The summed E-state index contributed by atoms with van der Waals surface area (Å²) in [5.41, 5.74) is 3.59. The second-order valence-corrected chi connectivity index (χ2v) is 3.81. The molecular formula is C11H14F3NO2. The molecule has 1 atom stereocenters. The summed E-state index contributed by atoms with van der Waals surface area (Å²) in [6.07, 6.45) is -4.37. The standard InChI is InChI=1S/C11H14F3NO2/c1-7-3-4-9(10(16)5-7)8(2)15-17-6-11(12,13)14/h3-5,8,15-16H,6H2,1-2H3. The van der Waals surface area contributed by atoms with Crippen molar-refractivity contribution in [1.82, 2.24) is 5.48 Å². The van der Waals surface area contributed by atoms with Crippen molar-refractivity contribution in [2.45, 2.75) is 26.1 Å². The number of phenols is 1. The molecule has 0 aliphatic carbocycles. The summed E-state index contributed by atoms with van der Waals surface area (Å²) in [7, 11) is 0. The highest BCUT2D eigenvalue weighted by atomic mass is 19.4. The van der Waals surface area contributed by atoms with Crippen LogP contribution in [-0.2, 0) is 4.84 Å². The van der Waals surface area contributed by atoms with Crippen LogP contribution in [-0.4, -0.2) is 17.9 Å². The molecule has 1 aromatic rings. The van der Waals surface area contributed by atoms with E-state index in [4.69, 9.17) is 0 Å². The normalized spacial score (nSPS) is 13.7. The lowest BCUT2D eigenvalue weighted by molar-refractivity contribution is -0.192. The lowest BCUT2D eigenvalue weighted by atomic mass is 10.1. The van der Waals surface area contributed by atoms with Gasteiger partial charge in [-0.25, -0.2) is 0 Å². The van der Waals surface area contributed by atoms with Crippen LogP contribution in [0.2, 0.25) is 0 Å². The van der Waals surface area contributed by atoms with E-state index in [0.29, 0.717) is 5.56 Å². The van der Waals surface area contributed by atoms with Crippen LogP contribution in [0.1, 0.15) is 24.1 Å². The number of hydroxylamine groups is 1. The first-order valence-corrected chi connectivity index (χ1v) is 5.03. The Morgan fingerprint density at radius 1 is 1.41 bits per heavy atom. The van der Waals surface area contributed by atoms with Gasteiger partial charge in [0.2, 0.25) is 0 Å². The molecule has 0 bridgehead atoms.